The van der Waals surface area contributed by atoms with E-state index in [4.69, 9.17) is 4.74 Å². The van der Waals surface area contributed by atoms with Gasteiger partial charge in [-0.3, -0.25) is 4.79 Å². The zero-order chi connectivity index (χ0) is 9.30. The van der Waals surface area contributed by atoms with Gasteiger partial charge in [0.1, 0.15) is 0 Å². The maximum atomic E-state index is 11.2. The number of hydrogen-bond donors (Lipinski definition) is 0. The third-order valence-corrected chi connectivity index (χ3v) is 1.42. The molecule has 0 saturated carbocycles. The summed E-state index contributed by atoms with van der Waals surface area (Å²) in [5.41, 5.74) is -0.501. The number of aromatic nitrogens is 3. The van der Waals surface area contributed by atoms with Gasteiger partial charge in [-0.25, -0.2) is 9.36 Å². The first-order valence-electron chi connectivity index (χ1n) is 3.29. The van der Waals surface area contributed by atoms with Crippen LogP contribution in [0.3, 0.4) is 0 Å². The van der Waals surface area contributed by atoms with Gasteiger partial charge in [0, 0.05) is 14.0 Å². The van der Waals surface area contributed by atoms with Crippen LogP contribution < -0.4 is 10.4 Å². The van der Waals surface area contributed by atoms with Crippen LogP contribution in [0.25, 0.3) is 0 Å². The average Bonchev–Trinajstić information content (AvgIpc) is 2.30. The van der Waals surface area contributed by atoms with Crippen molar-refractivity contribution in [1.82, 2.24) is 14.3 Å². The van der Waals surface area contributed by atoms with Crippen molar-refractivity contribution in [1.29, 1.82) is 0 Å². The van der Waals surface area contributed by atoms with Gasteiger partial charge in [0.25, 0.3) is 0 Å². The van der Waals surface area contributed by atoms with E-state index in [1.54, 1.807) is 0 Å². The fraction of sp³-hybridized carbons (Fsp3) is 0.500. The van der Waals surface area contributed by atoms with Crippen LogP contribution in [-0.4, -0.2) is 27.4 Å². The van der Waals surface area contributed by atoms with Crippen molar-refractivity contribution in [2.75, 3.05) is 7.11 Å². The van der Waals surface area contributed by atoms with E-state index in [1.807, 2.05) is 0 Å². The second-order valence-electron chi connectivity index (χ2n) is 2.26. The molecule has 0 saturated heterocycles. The Labute approximate surface area is 68.4 Å². The number of rotatable bonds is 1. The summed E-state index contributed by atoms with van der Waals surface area (Å²) in [6.45, 7) is 1.26. The van der Waals surface area contributed by atoms with E-state index >= 15 is 0 Å². The highest BCUT2D eigenvalue weighted by Crippen LogP contribution is 1.97. The Hall–Kier alpha value is -1.59. The van der Waals surface area contributed by atoms with E-state index in [0.717, 1.165) is 9.25 Å². The van der Waals surface area contributed by atoms with Gasteiger partial charge in [-0.2, -0.15) is 0 Å². The Balaban J connectivity index is 3.35. The molecule has 0 unspecified atom stereocenters. The van der Waals surface area contributed by atoms with Crippen LogP contribution in [0.1, 0.15) is 11.7 Å². The largest absolute Gasteiger partial charge is 0.467 e. The summed E-state index contributed by atoms with van der Waals surface area (Å²) in [6.07, 6.45) is 0. The van der Waals surface area contributed by atoms with Crippen LogP contribution >= 0.6 is 0 Å². The van der Waals surface area contributed by atoms with E-state index in [0.29, 0.717) is 0 Å². The van der Waals surface area contributed by atoms with E-state index in [1.165, 1.54) is 21.1 Å². The lowest BCUT2D eigenvalue weighted by Gasteiger charge is -1.92. The maximum Gasteiger partial charge on any atom is 0.355 e. The van der Waals surface area contributed by atoms with Crippen LogP contribution in [0.15, 0.2) is 4.79 Å². The molecule has 66 valence electrons. The summed E-state index contributed by atoms with van der Waals surface area (Å²) in [5.74, 6) is -0.432. The second kappa shape index (κ2) is 2.80. The topological polar surface area (TPSA) is 66.1 Å². The van der Waals surface area contributed by atoms with E-state index < -0.39 is 11.6 Å². The van der Waals surface area contributed by atoms with Crippen molar-refractivity contribution < 1.29 is 9.53 Å². The minimum Gasteiger partial charge on any atom is -0.467 e. The first-order chi connectivity index (χ1) is 5.57. The number of carbonyl (C=O) groups excluding carboxylic acids is 1. The van der Waals surface area contributed by atoms with Crippen molar-refractivity contribution in [2.24, 2.45) is 7.05 Å². The Bertz CT molecular complexity index is 363. The lowest BCUT2D eigenvalue weighted by atomic mass is 10.7. The lowest BCUT2D eigenvalue weighted by molar-refractivity contribution is 0.0915. The molecule has 1 rings (SSSR count). The molecule has 0 amide bonds. The summed E-state index contributed by atoms with van der Waals surface area (Å²) in [7, 11) is 2.86. The van der Waals surface area contributed by atoms with Crippen LogP contribution in [0.2, 0.25) is 0 Å². The smallest absolute Gasteiger partial charge is 0.355 e. The first-order valence-corrected chi connectivity index (χ1v) is 3.29. The Morgan fingerprint density at radius 2 is 2.17 bits per heavy atom. The molecule has 6 nitrogen and oxygen atoms in total. The van der Waals surface area contributed by atoms with Gasteiger partial charge in [-0.1, -0.05) is 0 Å². The molecule has 1 heterocycles. The van der Waals surface area contributed by atoms with Gasteiger partial charge in [0.15, 0.2) is 0 Å². The molecule has 0 aliphatic heterocycles. The molecule has 0 radical (unpaired) electrons. The maximum absolute atomic E-state index is 11.2. The Kier molecular flexibility index (Phi) is 1.99. The van der Waals surface area contributed by atoms with Gasteiger partial charge < -0.3 is 4.74 Å². The number of carbonyl (C=O) groups is 1. The first kappa shape index (κ1) is 8.51. The standard InChI is InChI=1S/C6H9N3O3/c1-4(10)9-6(11)8(2)5(7-9)12-3/h1-3H3. The molecule has 0 fully saturated rings. The normalized spacial score (nSPS) is 9.92. The highest BCUT2D eigenvalue weighted by atomic mass is 16.5. The SMILES string of the molecule is COc1nn(C(C)=O)c(=O)n1C. The van der Waals surface area contributed by atoms with Gasteiger partial charge in [0.05, 0.1) is 7.11 Å². The highest BCUT2D eigenvalue weighted by Gasteiger charge is 2.12. The number of ether oxygens (including phenoxy) is 1. The monoisotopic (exact) mass is 171 g/mol. The second-order valence-corrected chi connectivity index (χ2v) is 2.26. The van der Waals surface area contributed by atoms with Gasteiger partial charge in [-0.05, 0) is 0 Å². The molecule has 1 aromatic rings. The molecule has 6 heteroatoms. The Morgan fingerprint density at radius 1 is 1.58 bits per heavy atom. The van der Waals surface area contributed by atoms with Crippen molar-refractivity contribution >= 4 is 5.91 Å². The summed E-state index contributed by atoms with van der Waals surface area (Å²) < 4.78 is 6.64. The molecule has 12 heavy (non-hydrogen) atoms. The van der Waals surface area contributed by atoms with Crippen LogP contribution in [0.5, 0.6) is 6.01 Å². The molecule has 0 spiro atoms. The zero-order valence-electron chi connectivity index (χ0n) is 7.07. The van der Waals surface area contributed by atoms with Crippen LogP contribution in [-0.2, 0) is 7.05 Å². The van der Waals surface area contributed by atoms with Gasteiger partial charge in [-0.15, -0.1) is 9.78 Å². The van der Waals surface area contributed by atoms with Crippen LogP contribution in [0, 0.1) is 0 Å². The molecule has 0 aliphatic carbocycles. The molecule has 0 N–H and O–H groups in total. The van der Waals surface area contributed by atoms with Gasteiger partial charge >= 0.3 is 11.7 Å². The molecule has 0 aliphatic rings. The van der Waals surface area contributed by atoms with Crippen molar-refractivity contribution in [3.63, 3.8) is 0 Å². The van der Waals surface area contributed by atoms with Crippen molar-refractivity contribution in [2.45, 2.75) is 6.92 Å². The van der Waals surface area contributed by atoms with Crippen molar-refractivity contribution in [3.8, 4) is 6.01 Å². The van der Waals surface area contributed by atoms with E-state index in [2.05, 4.69) is 5.10 Å². The fourth-order valence-electron chi connectivity index (χ4n) is 0.802. The summed E-state index contributed by atoms with van der Waals surface area (Å²) >= 11 is 0. The van der Waals surface area contributed by atoms with Crippen molar-refractivity contribution in [3.05, 3.63) is 10.5 Å². The molecular formula is C6H9N3O3. The van der Waals surface area contributed by atoms with Crippen LogP contribution in [0.4, 0.5) is 0 Å². The quantitative estimate of drug-likeness (QED) is 0.557. The molecule has 0 aromatic carbocycles. The number of methoxy groups -OCH3 is 1. The van der Waals surface area contributed by atoms with E-state index in [-0.39, 0.29) is 6.01 Å². The third-order valence-electron chi connectivity index (χ3n) is 1.42. The number of hydrogen-bond acceptors (Lipinski definition) is 4. The lowest BCUT2D eigenvalue weighted by Crippen LogP contribution is -2.26. The molecule has 1 aromatic heterocycles. The predicted octanol–water partition coefficient (Wildman–Crippen LogP) is -0.750. The summed E-state index contributed by atoms with van der Waals surface area (Å²) in [5, 5.41) is 3.62. The summed E-state index contributed by atoms with van der Waals surface area (Å²) in [6, 6.07) is 0.121. The average molecular weight is 171 g/mol. The zero-order valence-corrected chi connectivity index (χ0v) is 7.07. The molecule has 0 bridgehead atoms. The Morgan fingerprint density at radius 3 is 2.42 bits per heavy atom. The predicted molar refractivity (Wildman–Crippen MR) is 40.3 cm³/mol. The molecule has 0 atom stereocenters. The number of nitrogens with zero attached hydrogens (tertiary/aromatic N) is 3. The van der Waals surface area contributed by atoms with Gasteiger partial charge in [0.2, 0.25) is 5.91 Å². The minimum absolute atomic E-state index is 0.121. The third kappa shape index (κ3) is 1.11. The highest BCUT2D eigenvalue weighted by molar-refractivity contribution is 5.74. The minimum atomic E-state index is -0.501. The molecular weight excluding hydrogens is 162 g/mol. The fourth-order valence-corrected chi connectivity index (χ4v) is 0.802. The summed E-state index contributed by atoms with van der Waals surface area (Å²) in [4.78, 5) is 21.9. The van der Waals surface area contributed by atoms with E-state index in [9.17, 15) is 9.59 Å².